The first kappa shape index (κ1) is 19.4. The number of methoxy groups -OCH3 is 1. The maximum Gasteiger partial charge on any atom is 0.273 e. The second-order valence-electron chi connectivity index (χ2n) is 5.28. The summed E-state index contributed by atoms with van der Waals surface area (Å²) in [5, 5.41) is 13.4. The Kier molecular flexibility index (Phi) is 7.12. The molecule has 0 aliphatic heterocycles. The van der Waals surface area contributed by atoms with Crippen molar-refractivity contribution in [1.82, 2.24) is 9.80 Å². The van der Waals surface area contributed by atoms with Crippen LogP contribution in [0, 0.1) is 10.1 Å². The zero-order valence-corrected chi connectivity index (χ0v) is 14.2. The highest BCUT2D eigenvalue weighted by molar-refractivity contribution is 5.94. The first-order valence-electron chi connectivity index (χ1n) is 7.33. The minimum Gasteiger partial charge on any atom is -0.494 e. The van der Waals surface area contributed by atoms with E-state index in [1.165, 1.54) is 30.2 Å². The van der Waals surface area contributed by atoms with Crippen molar-refractivity contribution in [1.29, 1.82) is 0 Å². The topological polar surface area (TPSA) is 105 Å². The Hall–Kier alpha value is -2.68. The lowest BCUT2D eigenvalue weighted by Crippen LogP contribution is -2.40. The third-order valence-electron chi connectivity index (χ3n) is 3.34. The third kappa shape index (κ3) is 5.51. The molecule has 1 N–H and O–H groups in total. The maximum absolute atomic E-state index is 12.2. The molecule has 0 spiro atoms. The summed E-state index contributed by atoms with van der Waals surface area (Å²) in [6, 6.07) is 3.93. The molecule has 0 aliphatic carbocycles. The number of nitrogens with zero attached hydrogens (tertiary/aromatic N) is 3. The predicted octanol–water partition coefficient (Wildman–Crippen LogP) is 0.952. The van der Waals surface area contributed by atoms with E-state index < -0.39 is 4.92 Å². The molecule has 9 nitrogen and oxygen atoms in total. The van der Waals surface area contributed by atoms with E-state index in [-0.39, 0.29) is 36.3 Å². The summed E-state index contributed by atoms with van der Waals surface area (Å²) in [5.41, 5.74) is 0.208. The van der Waals surface area contributed by atoms with Gasteiger partial charge in [0, 0.05) is 20.2 Å². The Morgan fingerprint density at radius 3 is 2.46 bits per heavy atom. The van der Waals surface area contributed by atoms with Gasteiger partial charge in [0.1, 0.15) is 5.75 Å². The van der Waals surface area contributed by atoms with Gasteiger partial charge in [0.25, 0.3) is 5.69 Å². The molecule has 0 aromatic heterocycles. The van der Waals surface area contributed by atoms with Gasteiger partial charge in [0.15, 0.2) is 0 Å². The number of rotatable bonds is 8. The molecule has 132 valence electrons. The van der Waals surface area contributed by atoms with Crippen molar-refractivity contribution in [3.8, 4) is 5.75 Å². The lowest BCUT2D eigenvalue weighted by atomic mass is 10.2. The van der Waals surface area contributed by atoms with Crippen LogP contribution in [0.25, 0.3) is 0 Å². The van der Waals surface area contributed by atoms with E-state index >= 15 is 0 Å². The molecule has 24 heavy (non-hydrogen) atoms. The Labute approximate surface area is 140 Å². The zero-order valence-electron chi connectivity index (χ0n) is 14.2. The number of amides is 2. The summed E-state index contributed by atoms with van der Waals surface area (Å²) >= 11 is 0. The van der Waals surface area contributed by atoms with E-state index in [1.54, 1.807) is 19.0 Å². The SMILES string of the molecule is CCN(CC(=O)Nc1ccc([N+](=O)[O-])cc1OC)CC(=O)N(C)C. The fourth-order valence-electron chi connectivity index (χ4n) is 1.90. The Bertz CT molecular complexity index is 618. The van der Waals surface area contributed by atoms with E-state index in [0.29, 0.717) is 12.2 Å². The van der Waals surface area contributed by atoms with E-state index in [2.05, 4.69) is 5.32 Å². The highest BCUT2D eigenvalue weighted by Gasteiger charge is 2.17. The van der Waals surface area contributed by atoms with Crippen LogP contribution in [0.4, 0.5) is 11.4 Å². The van der Waals surface area contributed by atoms with Crippen LogP contribution in [0.1, 0.15) is 6.92 Å². The molecular formula is C15H22N4O5. The zero-order chi connectivity index (χ0) is 18.3. The Morgan fingerprint density at radius 1 is 1.29 bits per heavy atom. The number of anilines is 1. The fourth-order valence-corrected chi connectivity index (χ4v) is 1.90. The van der Waals surface area contributed by atoms with Crippen molar-refractivity contribution in [2.75, 3.05) is 46.2 Å². The molecule has 0 heterocycles. The number of hydrogen-bond donors (Lipinski definition) is 1. The number of hydrogen-bond acceptors (Lipinski definition) is 6. The van der Waals surface area contributed by atoms with Gasteiger partial charge in [0.2, 0.25) is 11.8 Å². The quantitative estimate of drug-likeness (QED) is 0.559. The van der Waals surface area contributed by atoms with Crippen molar-refractivity contribution in [2.24, 2.45) is 0 Å². The molecular weight excluding hydrogens is 316 g/mol. The van der Waals surface area contributed by atoms with Gasteiger partial charge in [-0.25, -0.2) is 0 Å². The van der Waals surface area contributed by atoms with Crippen LogP contribution >= 0.6 is 0 Å². The largest absolute Gasteiger partial charge is 0.494 e. The van der Waals surface area contributed by atoms with Gasteiger partial charge in [-0.15, -0.1) is 0 Å². The average Bonchev–Trinajstić information content (AvgIpc) is 2.53. The van der Waals surface area contributed by atoms with E-state index in [9.17, 15) is 19.7 Å². The van der Waals surface area contributed by atoms with Crippen molar-refractivity contribution in [3.63, 3.8) is 0 Å². The fraction of sp³-hybridized carbons (Fsp3) is 0.467. The lowest BCUT2D eigenvalue weighted by molar-refractivity contribution is -0.384. The number of nitrogens with one attached hydrogen (secondary N) is 1. The van der Waals surface area contributed by atoms with Gasteiger partial charge in [0.05, 0.1) is 36.9 Å². The number of carbonyl (C=O) groups excluding carboxylic acids is 2. The number of nitro benzene ring substituents is 1. The monoisotopic (exact) mass is 338 g/mol. The van der Waals surface area contributed by atoms with Crippen LogP contribution in [0.5, 0.6) is 5.75 Å². The number of non-ortho nitro benzene ring substituents is 1. The van der Waals surface area contributed by atoms with Crippen LogP contribution in [-0.4, -0.2) is 67.4 Å². The highest BCUT2D eigenvalue weighted by Crippen LogP contribution is 2.28. The molecule has 0 radical (unpaired) electrons. The molecule has 0 saturated heterocycles. The lowest BCUT2D eigenvalue weighted by Gasteiger charge is -2.21. The van der Waals surface area contributed by atoms with Crippen molar-refractivity contribution in [2.45, 2.75) is 6.92 Å². The standard InChI is InChI=1S/C15H22N4O5/c1-5-18(10-15(21)17(2)3)9-14(20)16-12-7-6-11(19(22)23)8-13(12)24-4/h6-8H,5,9-10H2,1-4H3,(H,16,20). The minimum atomic E-state index is -0.542. The van der Waals surface area contributed by atoms with E-state index in [1.807, 2.05) is 6.92 Å². The van der Waals surface area contributed by atoms with E-state index in [4.69, 9.17) is 4.74 Å². The van der Waals surface area contributed by atoms with Gasteiger partial charge in [-0.05, 0) is 12.6 Å². The van der Waals surface area contributed by atoms with Gasteiger partial charge in [-0.3, -0.25) is 24.6 Å². The summed E-state index contributed by atoms with van der Waals surface area (Å²) < 4.78 is 5.07. The summed E-state index contributed by atoms with van der Waals surface area (Å²) in [4.78, 5) is 37.2. The van der Waals surface area contributed by atoms with Crippen LogP contribution in [0.2, 0.25) is 0 Å². The number of likely N-dealkylation sites (N-methyl/N-ethyl adjacent to an activating group) is 2. The van der Waals surface area contributed by atoms with Crippen LogP contribution in [-0.2, 0) is 9.59 Å². The van der Waals surface area contributed by atoms with Gasteiger partial charge < -0.3 is 15.0 Å². The molecule has 0 unspecified atom stereocenters. The summed E-state index contributed by atoms with van der Waals surface area (Å²) in [6.07, 6.45) is 0. The first-order valence-corrected chi connectivity index (χ1v) is 7.33. The smallest absolute Gasteiger partial charge is 0.273 e. The molecule has 0 aliphatic rings. The molecule has 0 atom stereocenters. The number of nitro groups is 1. The third-order valence-corrected chi connectivity index (χ3v) is 3.34. The highest BCUT2D eigenvalue weighted by atomic mass is 16.6. The first-order chi connectivity index (χ1) is 11.3. The van der Waals surface area contributed by atoms with E-state index in [0.717, 1.165) is 0 Å². The molecule has 0 bridgehead atoms. The molecule has 1 rings (SSSR count). The van der Waals surface area contributed by atoms with Gasteiger partial charge >= 0.3 is 0 Å². The summed E-state index contributed by atoms with van der Waals surface area (Å²) in [7, 11) is 4.67. The predicted molar refractivity (Wildman–Crippen MR) is 89.1 cm³/mol. The maximum atomic E-state index is 12.2. The number of ether oxygens (including phenoxy) is 1. The summed E-state index contributed by atoms with van der Waals surface area (Å²) in [6.45, 7) is 2.54. The average molecular weight is 338 g/mol. The Morgan fingerprint density at radius 2 is 1.96 bits per heavy atom. The normalized spacial score (nSPS) is 10.4. The van der Waals surface area contributed by atoms with Crippen molar-refractivity contribution in [3.05, 3.63) is 28.3 Å². The molecule has 2 amide bonds. The van der Waals surface area contributed by atoms with Crippen LogP contribution < -0.4 is 10.1 Å². The molecule has 0 saturated carbocycles. The van der Waals surface area contributed by atoms with Crippen LogP contribution in [0.15, 0.2) is 18.2 Å². The molecule has 0 fully saturated rings. The van der Waals surface area contributed by atoms with Gasteiger partial charge in [-0.2, -0.15) is 0 Å². The Balaban J connectivity index is 2.76. The van der Waals surface area contributed by atoms with Gasteiger partial charge in [-0.1, -0.05) is 6.92 Å². The molecule has 9 heteroatoms. The second-order valence-corrected chi connectivity index (χ2v) is 5.28. The minimum absolute atomic E-state index is 0.0240. The summed E-state index contributed by atoms with van der Waals surface area (Å²) in [5.74, 6) is -0.238. The van der Waals surface area contributed by atoms with Crippen molar-refractivity contribution < 1.29 is 19.2 Å². The number of benzene rings is 1. The van der Waals surface area contributed by atoms with Crippen molar-refractivity contribution >= 4 is 23.2 Å². The molecule has 1 aromatic carbocycles. The second kappa shape index (κ2) is 8.82. The molecule has 1 aromatic rings. The van der Waals surface area contributed by atoms with Crippen LogP contribution in [0.3, 0.4) is 0 Å². The number of carbonyl (C=O) groups is 2.